The smallest absolute Gasteiger partial charge is 0.243 e. The third-order valence-electron chi connectivity index (χ3n) is 2.47. The number of rotatable bonds is 3. The van der Waals surface area contributed by atoms with Crippen molar-refractivity contribution in [1.29, 1.82) is 0 Å². The van der Waals surface area contributed by atoms with Crippen LogP contribution in [0.5, 0.6) is 11.6 Å². The largest absolute Gasteiger partial charge is 0.437 e. The minimum atomic E-state index is 0.134. The van der Waals surface area contributed by atoms with Crippen LogP contribution in [0.2, 0.25) is 5.02 Å². The molecule has 0 unspecified atom stereocenters. The van der Waals surface area contributed by atoms with Crippen molar-refractivity contribution in [1.82, 2.24) is 9.97 Å². The van der Waals surface area contributed by atoms with E-state index in [9.17, 15) is 0 Å². The summed E-state index contributed by atoms with van der Waals surface area (Å²) in [6.07, 6.45) is 1.42. The Morgan fingerprint density at radius 3 is 2.83 bits per heavy atom. The highest BCUT2D eigenvalue weighted by molar-refractivity contribution is 6.31. The van der Waals surface area contributed by atoms with Gasteiger partial charge in [0.15, 0.2) is 0 Å². The van der Waals surface area contributed by atoms with E-state index < -0.39 is 0 Å². The first kappa shape index (κ1) is 12.6. The van der Waals surface area contributed by atoms with Crippen molar-refractivity contribution in [3.63, 3.8) is 0 Å². The molecule has 0 atom stereocenters. The molecule has 1 heterocycles. The standard InChI is InChI=1S/C13H14ClN3O/c1-8(2)9-4-3-5-10(6-9)18-12-11(14)7-16-13(15)17-12/h3-8H,1-2H3,(H2,15,16,17). The van der Waals surface area contributed by atoms with Gasteiger partial charge in [-0.25, -0.2) is 4.98 Å². The van der Waals surface area contributed by atoms with Crippen LogP contribution >= 0.6 is 11.6 Å². The lowest BCUT2D eigenvalue weighted by atomic mass is 10.0. The average molecular weight is 264 g/mol. The predicted octanol–water partition coefficient (Wildman–Crippen LogP) is 3.63. The van der Waals surface area contributed by atoms with E-state index in [1.807, 2.05) is 24.3 Å². The van der Waals surface area contributed by atoms with Crippen molar-refractivity contribution < 1.29 is 4.74 Å². The molecule has 1 aromatic carbocycles. The summed E-state index contributed by atoms with van der Waals surface area (Å²) >= 11 is 5.94. The van der Waals surface area contributed by atoms with Gasteiger partial charge in [0.1, 0.15) is 10.8 Å². The van der Waals surface area contributed by atoms with Crippen LogP contribution in [0.4, 0.5) is 5.95 Å². The lowest BCUT2D eigenvalue weighted by Gasteiger charge is -2.09. The van der Waals surface area contributed by atoms with Gasteiger partial charge in [0.2, 0.25) is 11.8 Å². The molecule has 0 radical (unpaired) electrons. The zero-order valence-corrected chi connectivity index (χ0v) is 11.0. The van der Waals surface area contributed by atoms with Crippen molar-refractivity contribution in [2.24, 2.45) is 0 Å². The minimum Gasteiger partial charge on any atom is -0.437 e. The van der Waals surface area contributed by atoms with Crippen molar-refractivity contribution in [2.75, 3.05) is 5.73 Å². The van der Waals surface area contributed by atoms with Gasteiger partial charge in [-0.05, 0) is 23.6 Å². The van der Waals surface area contributed by atoms with Crippen LogP contribution in [-0.4, -0.2) is 9.97 Å². The number of nitrogens with zero attached hydrogens (tertiary/aromatic N) is 2. The molecule has 0 aliphatic carbocycles. The lowest BCUT2D eigenvalue weighted by Crippen LogP contribution is -1.97. The van der Waals surface area contributed by atoms with Crippen LogP contribution in [0.3, 0.4) is 0 Å². The second-order valence-corrected chi connectivity index (χ2v) is 4.62. The first-order valence-electron chi connectivity index (χ1n) is 5.62. The predicted molar refractivity (Wildman–Crippen MR) is 72.1 cm³/mol. The Bertz CT molecular complexity index is 558. The van der Waals surface area contributed by atoms with E-state index in [0.29, 0.717) is 16.7 Å². The van der Waals surface area contributed by atoms with Crippen molar-refractivity contribution in [2.45, 2.75) is 19.8 Å². The zero-order valence-electron chi connectivity index (χ0n) is 10.2. The SMILES string of the molecule is CC(C)c1cccc(Oc2nc(N)ncc2Cl)c1. The minimum absolute atomic E-state index is 0.134. The first-order chi connectivity index (χ1) is 8.56. The Kier molecular flexibility index (Phi) is 3.67. The summed E-state index contributed by atoms with van der Waals surface area (Å²) in [5, 5.41) is 0.333. The number of halogens is 1. The number of benzene rings is 1. The van der Waals surface area contributed by atoms with Gasteiger partial charge in [-0.15, -0.1) is 0 Å². The molecule has 0 saturated carbocycles. The molecule has 1 aromatic heterocycles. The molecule has 0 saturated heterocycles. The second-order valence-electron chi connectivity index (χ2n) is 4.21. The number of anilines is 1. The van der Waals surface area contributed by atoms with Gasteiger partial charge in [-0.2, -0.15) is 4.98 Å². The Hall–Kier alpha value is -1.81. The number of nitrogen functional groups attached to an aromatic ring is 1. The number of nitrogens with two attached hydrogens (primary N) is 1. The van der Waals surface area contributed by atoms with Crippen LogP contribution in [0, 0.1) is 0 Å². The zero-order chi connectivity index (χ0) is 13.1. The molecule has 0 aliphatic heterocycles. The van der Waals surface area contributed by atoms with Gasteiger partial charge in [0.05, 0.1) is 6.20 Å². The fourth-order valence-corrected chi connectivity index (χ4v) is 1.61. The molecule has 2 aromatic rings. The third-order valence-corrected chi connectivity index (χ3v) is 2.73. The molecule has 18 heavy (non-hydrogen) atoms. The van der Waals surface area contributed by atoms with Crippen molar-refractivity contribution in [3.05, 3.63) is 41.0 Å². The Morgan fingerprint density at radius 1 is 1.33 bits per heavy atom. The molecule has 2 N–H and O–H groups in total. The maximum atomic E-state index is 5.94. The fourth-order valence-electron chi connectivity index (χ4n) is 1.48. The highest BCUT2D eigenvalue weighted by Gasteiger charge is 2.07. The molecule has 0 bridgehead atoms. The monoisotopic (exact) mass is 263 g/mol. The maximum Gasteiger partial charge on any atom is 0.243 e. The van der Waals surface area contributed by atoms with E-state index >= 15 is 0 Å². The number of hydrogen-bond acceptors (Lipinski definition) is 4. The Labute approximate surface area is 111 Å². The Morgan fingerprint density at radius 2 is 2.11 bits per heavy atom. The number of aromatic nitrogens is 2. The van der Waals surface area contributed by atoms with Crippen LogP contribution in [-0.2, 0) is 0 Å². The number of hydrogen-bond donors (Lipinski definition) is 1. The van der Waals surface area contributed by atoms with E-state index in [0.717, 1.165) is 0 Å². The summed E-state index contributed by atoms with van der Waals surface area (Å²) in [4.78, 5) is 7.74. The molecule has 0 amide bonds. The molecule has 4 nitrogen and oxygen atoms in total. The van der Waals surface area contributed by atoms with E-state index in [1.165, 1.54) is 11.8 Å². The molecular formula is C13H14ClN3O. The fraction of sp³-hybridized carbons (Fsp3) is 0.231. The van der Waals surface area contributed by atoms with E-state index in [4.69, 9.17) is 22.1 Å². The highest BCUT2D eigenvalue weighted by atomic mass is 35.5. The van der Waals surface area contributed by atoms with E-state index in [2.05, 4.69) is 23.8 Å². The molecule has 0 fully saturated rings. The van der Waals surface area contributed by atoms with Gasteiger partial charge in [0.25, 0.3) is 0 Å². The van der Waals surface area contributed by atoms with E-state index in [1.54, 1.807) is 0 Å². The molecular weight excluding hydrogens is 250 g/mol. The molecule has 94 valence electrons. The summed E-state index contributed by atoms with van der Waals surface area (Å²) in [5.74, 6) is 1.51. The summed E-state index contributed by atoms with van der Waals surface area (Å²) in [6.45, 7) is 4.24. The first-order valence-corrected chi connectivity index (χ1v) is 6.00. The summed E-state index contributed by atoms with van der Waals surface area (Å²) < 4.78 is 5.62. The van der Waals surface area contributed by atoms with Crippen molar-refractivity contribution in [3.8, 4) is 11.6 Å². The van der Waals surface area contributed by atoms with Gasteiger partial charge in [0, 0.05) is 0 Å². The summed E-state index contributed by atoms with van der Waals surface area (Å²) in [6, 6.07) is 7.79. The van der Waals surface area contributed by atoms with Crippen LogP contribution in [0.1, 0.15) is 25.3 Å². The maximum absolute atomic E-state index is 5.94. The van der Waals surface area contributed by atoms with Gasteiger partial charge < -0.3 is 10.5 Å². The van der Waals surface area contributed by atoms with Crippen LogP contribution in [0.15, 0.2) is 30.5 Å². The van der Waals surface area contributed by atoms with Gasteiger partial charge in [-0.3, -0.25) is 0 Å². The van der Waals surface area contributed by atoms with Crippen molar-refractivity contribution >= 4 is 17.5 Å². The number of ether oxygens (including phenoxy) is 1. The van der Waals surface area contributed by atoms with Crippen LogP contribution < -0.4 is 10.5 Å². The van der Waals surface area contributed by atoms with Crippen LogP contribution in [0.25, 0.3) is 0 Å². The quantitative estimate of drug-likeness (QED) is 0.919. The topological polar surface area (TPSA) is 61.0 Å². The average Bonchev–Trinajstić information content (AvgIpc) is 2.34. The summed E-state index contributed by atoms with van der Waals surface area (Å²) in [5.41, 5.74) is 6.68. The Balaban J connectivity index is 2.28. The highest BCUT2D eigenvalue weighted by Crippen LogP contribution is 2.28. The second kappa shape index (κ2) is 5.23. The van der Waals surface area contributed by atoms with Gasteiger partial charge in [-0.1, -0.05) is 37.6 Å². The molecule has 2 rings (SSSR count). The van der Waals surface area contributed by atoms with E-state index in [-0.39, 0.29) is 11.8 Å². The lowest BCUT2D eigenvalue weighted by molar-refractivity contribution is 0.462. The normalized spacial score (nSPS) is 10.7. The molecule has 0 spiro atoms. The van der Waals surface area contributed by atoms with Gasteiger partial charge >= 0.3 is 0 Å². The molecule has 0 aliphatic rings. The molecule has 5 heteroatoms. The third kappa shape index (κ3) is 2.90. The summed E-state index contributed by atoms with van der Waals surface area (Å²) in [7, 11) is 0.